The summed E-state index contributed by atoms with van der Waals surface area (Å²) in [6.07, 6.45) is 0. The Kier molecular flexibility index (Phi) is 5.52. The van der Waals surface area contributed by atoms with E-state index >= 15 is 0 Å². The monoisotopic (exact) mass is 295 g/mol. The molecule has 0 aliphatic carbocycles. The SMILES string of the molecule is N#Cc1ccc(OCCNC(=O)C(N)c2ccccc2)cc1. The minimum atomic E-state index is -0.684. The van der Waals surface area contributed by atoms with E-state index in [-0.39, 0.29) is 5.91 Å². The van der Waals surface area contributed by atoms with Crippen molar-refractivity contribution in [1.29, 1.82) is 5.26 Å². The van der Waals surface area contributed by atoms with E-state index in [9.17, 15) is 4.79 Å². The number of ether oxygens (including phenoxy) is 1. The lowest BCUT2D eigenvalue weighted by Crippen LogP contribution is -2.36. The summed E-state index contributed by atoms with van der Waals surface area (Å²) in [6, 6.07) is 17.3. The minimum absolute atomic E-state index is 0.241. The summed E-state index contributed by atoms with van der Waals surface area (Å²) in [7, 11) is 0. The van der Waals surface area contributed by atoms with Gasteiger partial charge in [-0.25, -0.2) is 0 Å². The van der Waals surface area contributed by atoms with E-state index in [4.69, 9.17) is 15.7 Å². The van der Waals surface area contributed by atoms with Crippen molar-refractivity contribution in [3.8, 4) is 11.8 Å². The third kappa shape index (κ3) is 4.33. The van der Waals surface area contributed by atoms with Crippen molar-refractivity contribution in [2.24, 2.45) is 5.73 Å². The van der Waals surface area contributed by atoms with Gasteiger partial charge in [-0.1, -0.05) is 30.3 Å². The molecule has 22 heavy (non-hydrogen) atoms. The van der Waals surface area contributed by atoms with Crippen LogP contribution in [0.1, 0.15) is 17.2 Å². The molecular formula is C17H17N3O2. The second-order valence-electron chi connectivity index (χ2n) is 4.66. The van der Waals surface area contributed by atoms with Crippen LogP contribution in [0.2, 0.25) is 0 Å². The predicted octanol–water partition coefficient (Wildman–Crippen LogP) is 1.75. The number of amides is 1. The molecule has 0 heterocycles. The molecule has 0 aliphatic rings. The molecule has 2 aromatic carbocycles. The highest BCUT2D eigenvalue weighted by Gasteiger charge is 2.14. The number of carbonyl (C=O) groups excluding carboxylic acids is 1. The van der Waals surface area contributed by atoms with Crippen LogP contribution in [0.25, 0.3) is 0 Å². The molecular weight excluding hydrogens is 278 g/mol. The predicted molar refractivity (Wildman–Crippen MR) is 83.0 cm³/mol. The minimum Gasteiger partial charge on any atom is -0.492 e. The maximum atomic E-state index is 11.9. The van der Waals surface area contributed by atoms with Gasteiger partial charge in [0.05, 0.1) is 18.2 Å². The van der Waals surface area contributed by atoms with Crippen molar-refractivity contribution >= 4 is 5.91 Å². The lowest BCUT2D eigenvalue weighted by atomic mass is 10.1. The lowest BCUT2D eigenvalue weighted by Gasteiger charge is -2.13. The fourth-order valence-corrected chi connectivity index (χ4v) is 1.89. The van der Waals surface area contributed by atoms with Crippen LogP contribution in [-0.2, 0) is 4.79 Å². The van der Waals surface area contributed by atoms with Gasteiger partial charge < -0.3 is 15.8 Å². The van der Waals surface area contributed by atoms with E-state index in [2.05, 4.69) is 5.32 Å². The van der Waals surface area contributed by atoms with Gasteiger partial charge in [-0.2, -0.15) is 5.26 Å². The zero-order chi connectivity index (χ0) is 15.8. The molecule has 1 atom stereocenters. The number of nitrogens with one attached hydrogen (secondary N) is 1. The average molecular weight is 295 g/mol. The molecule has 2 rings (SSSR count). The van der Waals surface area contributed by atoms with E-state index < -0.39 is 6.04 Å². The number of nitrogens with zero attached hydrogens (tertiary/aromatic N) is 1. The van der Waals surface area contributed by atoms with Gasteiger partial charge in [-0.15, -0.1) is 0 Å². The molecule has 2 aromatic rings. The largest absolute Gasteiger partial charge is 0.492 e. The van der Waals surface area contributed by atoms with E-state index in [1.165, 1.54) is 0 Å². The second-order valence-corrected chi connectivity index (χ2v) is 4.66. The number of hydrogen-bond donors (Lipinski definition) is 2. The Labute approximate surface area is 129 Å². The van der Waals surface area contributed by atoms with Crippen LogP contribution < -0.4 is 15.8 Å². The number of rotatable bonds is 6. The number of carbonyl (C=O) groups is 1. The Hall–Kier alpha value is -2.84. The van der Waals surface area contributed by atoms with Crippen molar-refractivity contribution in [3.63, 3.8) is 0 Å². The van der Waals surface area contributed by atoms with Gasteiger partial charge in [0.25, 0.3) is 0 Å². The van der Waals surface area contributed by atoms with Gasteiger partial charge in [0.2, 0.25) is 5.91 Å². The summed E-state index contributed by atoms with van der Waals surface area (Å²) in [5.41, 5.74) is 7.23. The maximum absolute atomic E-state index is 11.9. The van der Waals surface area contributed by atoms with Crippen LogP contribution >= 0.6 is 0 Å². The summed E-state index contributed by atoms with van der Waals surface area (Å²) in [5.74, 6) is 0.412. The summed E-state index contributed by atoms with van der Waals surface area (Å²) in [6.45, 7) is 0.693. The van der Waals surface area contributed by atoms with Crippen molar-refractivity contribution in [3.05, 3.63) is 65.7 Å². The summed E-state index contributed by atoms with van der Waals surface area (Å²) < 4.78 is 5.48. The molecule has 0 saturated carbocycles. The molecule has 112 valence electrons. The molecule has 0 fully saturated rings. The topological polar surface area (TPSA) is 88.1 Å². The van der Waals surface area contributed by atoms with Crippen molar-refractivity contribution in [1.82, 2.24) is 5.32 Å². The lowest BCUT2D eigenvalue weighted by molar-refractivity contribution is -0.122. The van der Waals surface area contributed by atoms with Crippen molar-refractivity contribution in [2.75, 3.05) is 13.2 Å². The molecule has 5 heteroatoms. The fraction of sp³-hybridized carbons (Fsp3) is 0.176. The smallest absolute Gasteiger partial charge is 0.241 e. The Morgan fingerprint density at radius 1 is 1.18 bits per heavy atom. The highest BCUT2D eigenvalue weighted by molar-refractivity contribution is 5.82. The molecule has 1 amide bonds. The molecule has 5 nitrogen and oxygen atoms in total. The van der Waals surface area contributed by atoms with Crippen LogP contribution in [0.15, 0.2) is 54.6 Å². The number of nitrogens with two attached hydrogens (primary N) is 1. The zero-order valence-electron chi connectivity index (χ0n) is 12.0. The van der Waals surface area contributed by atoms with E-state index in [1.54, 1.807) is 24.3 Å². The van der Waals surface area contributed by atoms with E-state index in [0.717, 1.165) is 5.56 Å². The molecule has 0 spiro atoms. The molecule has 0 saturated heterocycles. The first-order valence-corrected chi connectivity index (χ1v) is 6.92. The van der Waals surface area contributed by atoms with Crippen LogP contribution in [0.5, 0.6) is 5.75 Å². The van der Waals surface area contributed by atoms with Gasteiger partial charge in [0.15, 0.2) is 0 Å². The number of hydrogen-bond acceptors (Lipinski definition) is 4. The van der Waals surface area contributed by atoms with Crippen LogP contribution in [0, 0.1) is 11.3 Å². The highest BCUT2D eigenvalue weighted by Crippen LogP contribution is 2.11. The van der Waals surface area contributed by atoms with Crippen LogP contribution in [-0.4, -0.2) is 19.1 Å². The number of benzene rings is 2. The second kappa shape index (κ2) is 7.81. The number of nitriles is 1. The molecule has 1 unspecified atom stereocenters. The van der Waals surface area contributed by atoms with Crippen LogP contribution in [0.3, 0.4) is 0 Å². The Balaban J connectivity index is 1.74. The van der Waals surface area contributed by atoms with Gasteiger partial charge in [-0.3, -0.25) is 4.79 Å². The summed E-state index contributed by atoms with van der Waals surface area (Å²) in [4.78, 5) is 11.9. The third-order valence-electron chi connectivity index (χ3n) is 3.09. The van der Waals surface area contributed by atoms with Crippen molar-refractivity contribution < 1.29 is 9.53 Å². The van der Waals surface area contributed by atoms with Crippen LogP contribution in [0.4, 0.5) is 0 Å². The van der Waals surface area contributed by atoms with E-state index in [0.29, 0.717) is 24.5 Å². The van der Waals surface area contributed by atoms with Gasteiger partial charge in [0.1, 0.15) is 18.4 Å². The molecule has 0 aliphatic heterocycles. The summed E-state index contributed by atoms with van der Waals surface area (Å²) in [5, 5.41) is 11.4. The Morgan fingerprint density at radius 3 is 2.50 bits per heavy atom. The molecule has 0 radical (unpaired) electrons. The maximum Gasteiger partial charge on any atom is 0.241 e. The first-order chi connectivity index (χ1) is 10.7. The third-order valence-corrected chi connectivity index (χ3v) is 3.09. The molecule has 3 N–H and O–H groups in total. The fourth-order valence-electron chi connectivity index (χ4n) is 1.89. The molecule has 0 aromatic heterocycles. The Morgan fingerprint density at radius 2 is 1.86 bits per heavy atom. The zero-order valence-corrected chi connectivity index (χ0v) is 12.0. The molecule has 0 bridgehead atoms. The standard InChI is InChI=1S/C17H17N3O2/c18-12-13-6-8-15(9-7-13)22-11-10-20-17(21)16(19)14-4-2-1-3-5-14/h1-9,16H,10-11,19H2,(H,20,21). The van der Waals surface area contributed by atoms with E-state index in [1.807, 2.05) is 36.4 Å². The summed E-state index contributed by atoms with van der Waals surface area (Å²) >= 11 is 0. The first kappa shape index (κ1) is 15.5. The van der Waals surface area contributed by atoms with Gasteiger partial charge >= 0.3 is 0 Å². The Bertz CT molecular complexity index is 648. The average Bonchev–Trinajstić information content (AvgIpc) is 2.59. The van der Waals surface area contributed by atoms with Gasteiger partial charge in [0, 0.05) is 0 Å². The highest BCUT2D eigenvalue weighted by atomic mass is 16.5. The quantitative estimate of drug-likeness (QED) is 0.795. The first-order valence-electron chi connectivity index (χ1n) is 6.92. The van der Waals surface area contributed by atoms with Gasteiger partial charge in [-0.05, 0) is 29.8 Å². The van der Waals surface area contributed by atoms with Crippen molar-refractivity contribution in [2.45, 2.75) is 6.04 Å². The normalized spacial score (nSPS) is 11.3.